The number of hydrogen-bond donors (Lipinski definition) is 1. The fourth-order valence-electron chi connectivity index (χ4n) is 4.63. The molecular formula is C32H40ClN3O7S. The number of carbonyl (C=O) groups is 2. The number of benzene rings is 3. The number of rotatable bonds is 13. The Morgan fingerprint density at radius 2 is 1.50 bits per heavy atom. The maximum atomic E-state index is 14.3. The van der Waals surface area contributed by atoms with Crippen LogP contribution in [0.15, 0.2) is 71.6 Å². The smallest absolute Gasteiger partial charge is 0.265 e. The summed E-state index contributed by atoms with van der Waals surface area (Å²) in [6.07, 6.45) is 0.295. The molecule has 3 rings (SSSR count). The van der Waals surface area contributed by atoms with Gasteiger partial charge >= 0.3 is 0 Å². The average Bonchev–Trinajstić information content (AvgIpc) is 2.98. The lowest BCUT2D eigenvalue weighted by Crippen LogP contribution is -2.55. The molecule has 238 valence electrons. The Bertz CT molecular complexity index is 1560. The second-order valence-corrected chi connectivity index (χ2v) is 13.3. The molecule has 0 radical (unpaired) electrons. The summed E-state index contributed by atoms with van der Waals surface area (Å²) in [5.74, 6) is -0.249. The van der Waals surface area contributed by atoms with E-state index < -0.39 is 34.1 Å². The lowest BCUT2D eigenvalue weighted by molar-refractivity contribution is -0.141. The van der Waals surface area contributed by atoms with E-state index in [1.54, 1.807) is 13.0 Å². The summed E-state index contributed by atoms with van der Waals surface area (Å²) in [7, 11) is -0.210. The maximum absolute atomic E-state index is 14.3. The highest BCUT2D eigenvalue weighted by molar-refractivity contribution is 7.92. The Labute approximate surface area is 264 Å². The van der Waals surface area contributed by atoms with E-state index in [0.717, 1.165) is 9.87 Å². The Hall–Kier alpha value is -3.96. The van der Waals surface area contributed by atoms with Crippen molar-refractivity contribution in [1.82, 2.24) is 10.2 Å². The monoisotopic (exact) mass is 645 g/mol. The maximum Gasteiger partial charge on any atom is 0.265 e. The summed E-state index contributed by atoms with van der Waals surface area (Å²) < 4.78 is 45.7. The first-order valence-corrected chi connectivity index (χ1v) is 15.8. The number of amides is 2. The number of methoxy groups -OCH3 is 3. The standard InChI is InChI=1S/C32H40ClN3O7S/c1-8-25(31(38)34-32(2,3)4)35(20-22-12-10-9-11-13-22)30(37)21-36(26-18-23(33)14-16-27(26)41-5)44(39,40)24-15-17-28(42-6)29(19-24)43-7/h9-19,25H,8,20-21H2,1-7H3,(H,34,38)/t25-/m1/s1. The van der Waals surface area contributed by atoms with Crippen molar-refractivity contribution in [1.29, 1.82) is 0 Å². The van der Waals surface area contributed by atoms with E-state index in [-0.39, 0.29) is 39.6 Å². The normalized spacial score (nSPS) is 12.2. The van der Waals surface area contributed by atoms with Crippen LogP contribution in [0.5, 0.6) is 17.2 Å². The quantitative estimate of drug-likeness (QED) is 0.269. The fourth-order valence-corrected chi connectivity index (χ4v) is 6.23. The molecule has 2 amide bonds. The van der Waals surface area contributed by atoms with Crippen LogP contribution in [0, 0.1) is 0 Å². The molecule has 3 aromatic carbocycles. The van der Waals surface area contributed by atoms with Gasteiger partial charge in [0.05, 0.1) is 31.9 Å². The molecule has 44 heavy (non-hydrogen) atoms. The van der Waals surface area contributed by atoms with Gasteiger partial charge in [-0.3, -0.25) is 13.9 Å². The highest BCUT2D eigenvalue weighted by Crippen LogP contribution is 2.37. The van der Waals surface area contributed by atoms with Gasteiger partial charge in [-0.15, -0.1) is 0 Å². The molecule has 12 heteroatoms. The number of anilines is 1. The van der Waals surface area contributed by atoms with Crippen molar-refractivity contribution in [3.8, 4) is 17.2 Å². The Morgan fingerprint density at radius 1 is 0.886 bits per heavy atom. The SMILES string of the molecule is CC[C@H](C(=O)NC(C)(C)C)N(Cc1ccccc1)C(=O)CN(c1cc(Cl)ccc1OC)S(=O)(=O)c1ccc(OC)c(OC)c1. The molecule has 1 N–H and O–H groups in total. The molecule has 0 aliphatic rings. The van der Waals surface area contributed by atoms with Crippen molar-refractivity contribution in [2.24, 2.45) is 0 Å². The van der Waals surface area contributed by atoms with Gasteiger partial charge in [0.2, 0.25) is 11.8 Å². The van der Waals surface area contributed by atoms with E-state index in [1.807, 2.05) is 51.1 Å². The van der Waals surface area contributed by atoms with Gasteiger partial charge < -0.3 is 24.4 Å². The highest BCUT2D eigenvalue weighted by atomic mass is 35.5. The molecule has 0 bridgehead atoms. The third-order valence-electron chi connectivity index (χ3n) is 6.71. The lowest BCUT2D eigenvalue weighted by atomic mass is 10.1. The van der Waals surface area contributed by atoms with Gasteiger partial charge in [-0.1, -0.05) is 48.9 Å². The van der Waals surface area contributed by atoms with Crippen LogP contribution < -0.4 is 23.8 Å². The number of carbonyl (C=O) groups excluding carboxylic acids is 2. The molecule has 0 saturated carbocycles. The van der Waals surface area contributed by atoms with Gasteiger partial charge in [-0.25, -0.2) is 8.42 Å². The Morgan fingerprint density at radius 3 is 2.07 bits per heavy atom. The predicted molar refractivity (Wildman–Crippen MR) is 171 cm³/mol. The molecule has 1 atom stereocenters. The molecule has 0 aromatic heterocycles. The van der Waals surface area contributed by atoms with Crippen molar-refractivity contribution in [3.63, 3.8) is 0 Å². The van der Waals surface area contributed by atoms with Crippen molar-refractivity contribution >= 4 is 39.1 Å². The van der Waals surface area contributed by atoms with Crippen LogP contribution in [0.25, 0.3) is 0 Å². The van der Waals surface area contributed by atoms with Gasteiger partial charge in [-0.05, 0) is 63.1 Å². The van der Waals surface area contributed by atoms with Gasteiger partial charge in [0.15, 0.2) is 11.5 Å². The molecule has 0 aliphatic carbocycles. The first kappa shape index (κ1) is 34.5. The third-order valence-corrected chi connectivity index (χ3v) is 8.70. The molecule has 3 aromatic rings. The van der Waals surface area contributed by atoms with E-state index in [1.165, 1.54) is 56.6 Å². The largest absolute Gasteiger partial charge is 0.495 e. The van der Waals surface area contributed by atoms with E-state index >= 15 is 0 Å². The average molecular weight is 646 g/mol. The molecule has 0 aliphatic heterocycles. The van der Waals surface area contributed by atoms with E-state index in [4.69, 9.17) is 25.8 Å². The lowest BCUT2D eigenvalue weighted by Gasteiger charge is -2.35. The van der Waals surface area contributed by atoms with Crippen LogP contribution in [0.2, 0.25) is 5.02 Å². The topological polar surface area (TPSA) is 114 Å². The summed E-state index contributed by atoms with van der Waals surface area (Å²) in [4.78, 5) is 29.0. The van der Waals surface area contributed by atoms with Crippen LogP contribution in [0.4, 0.5) is 5.69 Å². The minimum atomic E-state index is -4.43. The number of sulfonamides is 1. The van der Waals surface area contributed by atoms with Crippen LogP contribution in [0.1, 0.15) is 39.7 Å². The van der Waals surface area contributed by atoms with Crippen LogP contribution in [-0.2, 0) is 26.2 Å². The second-order valence-electron chi connectivity index (χ2n) is 11.0. The van der Waals surface area contributed by atoms with Gasteiger partial charge in [0, 0.05) is 23.2 Å². The molecule has 0 heterocycles. The van der Waals surface area contributed by atoms with E-state index in [9.17, 15) is 18.0 Å². The zero-order valence-corrected chi connectivity index (χ0v) is 27.7. The number of halogens is 1. The number of hydrogen-bond acceptors (Lipinski definition) is 7. The third kappa shape index (κ3) is 8.35. The highest BCUT2D eigenvalue weighted by Gasteiger charge is 2.36. The number of nitrogens with one attached hydrogen (secondary N) is 1. The van der Waals surface area contributed by atoms with Gasteiger partial charge in [-0.2, -0.15) is 0 Å². The second kappa shape index (κ2) is 14.7. The first-order valence-electron chi connectivity index (χ1n) is 14.0. The summed E-state index contributed by atoms with van der Waals surface area (Å²) in [6, 6.07) is 16.9. The summed E-state index contributed by atoms with van der Waals surface area (Å²) >= 11 is 6.32. The minimum absolute atomic E-state index is 0.0509. The van der Waals surface area contributed by atoms with Crippen LogP contribution in [-0.4, -0.2) is 64.6 Å². The zero-order valence-electron chi connectivity index (χ0n) is 26.1. The predicted octanol–water partition coefficient (Wildman–Crippen LogP) is 5.28. The van der Waals surface area contributed by atoms with Crippen molar-refractivity contribution < 1.29 is 32.2 Å². The zero-order chi connectivity index (χ0) is 32.7. The number of ether oxygens (including phenoxy) is 3. The summed E-state index contributed by atoms with van der Waals surface area (Å²) in [5, 5.41) is 3.19. The molecule has 0 spiro atoms. The van der Waals surface area contributed by atoms with Crippen LogP contribution >= 0.6 is 11.6 Å². The molecule has 10 nitrogen and oxygen atoms in total. The summed E-state index contributed by atoms with van der Waals surface area (Å²) in [6.45, 7) is 6.78. The van der Waals surface area contributed by atoms with E-state index in [0.29, 0.717) is 12.2 Å². The van der Waals surface area contributed by atoms with Crippen molar-refractivity contribution in [3.05, 3.63) is 77.3 Å². The van der Waals surface area contributed by atoms with Crippen molar-refractivity contribution in [2.45, 2.75) is 57.1 Å². The Kier molecular flexibility index (Phi) is 11.5. The Balaban J connectivity index is 2.17. The molecule has 0 fully saturated rings. The van der Waals surface area contributed by atoms with Crippen molar-refractivity contribution in [2.75, 3.05) is 32.2 Å². The molecule has 0 unspecified atom stereocenters. The first-order chi connectivity index (χ1) is 20.7. The van der Waals surface area contributed by atoms with Gasteiger partial charge in [0.1, 0.15) is 18.3 Å². The summed E-state index contributed by atoms with van der Waals surface area (Å²) in [5.41, 5.74) is 0.274. The molecule has 0 saturated heterocycles. The van der Waals surface area contributed by atoms with E-state index in [2.05, 4.69) is 5.32 Å². The van der Waals surface area contributed by atoms with Crippen LogP contribution in [0.3, 0.4) is 0 Å². The minimum Gasteiger partial charge on any atom is -0.495 e. The van der Waals surface area contributed by atoms with Gasteiger partial charge in [0.25, 0.3) is 10.0 Å². The molecular weight excluding hydrogens is 606 g/mol. The fraction of sp³-hybridized carbons (Fsp3) is 0.375. The number of nitrogens with zero attached hydrogens (tertiary/aromatic N) is 2.